The zero-order valence-corrected chi connectivity index (χ0v) is 42.1. The number of piperazine rings is 1. The molecule has 72 heavy (non-hydrogen) atoms. The molecule has 3 aliphatic heterocycles. The van der Waals surface area contributed by atoms with Gasteiger partial charge in [0.1, 0.15) is 40.0 Å². The molecule has 1 atom stereocenters. The van der Waals surface area contributed by atoms with Crippen LogP contribution in [0.3, 0.4) is 0 Å². The summed E-state index contributed by atoms with van der Waals surface area (Å²) in [5, 5.41) is 25.8. The minimum Gasteiger partial charge on any atom is -0.455 e. The lowest BCUT2D eigenvalue weighted by molar-refractivity contribution is -0.384. The zero-order chi connectivity index (χ0) is 50.4. The fourth-order valence-corrected chi connectivity index (χ4v) is 13.0. The Bertz CT molecular complexity index is 2900. The van der Waals surface area contributed by atoms with E-state index in [1.165, 1.54) is 47.9 Å². The van der Waals surface area contributed by atoms with Crippen LogP contribution in [0.1, 0.15) is 118 Å². The highest BCUT2D eigenvalue weighted by Gasteiger charge is 2.50. The molecule has 0 radical (unpaired) electrons. The number of nitro groups is 1. The van der Waals surface area contributed by atoms with Crippen LogP contribution in [0.5, 0.6) is 11.5 Å². The van der Waals surface area contributed by atoms with E-state index >= 15 is 0 Å². The number of anilines is 2. The number of H-pyrrole nitrogens is 1. The van der Waals surface area contributed by atoms with Crippen LogP contribution in [-0.2, 0) is 14.8 Å². The van der Waals surface area contributed by atoms with E-state index in [-0.39, 0.29) is 39.5 Å². The largest absolute Gasteiger partial charge is 0.455 e. The van der Waals surface area contributed by atoms with Crippen LogP contribution >= 0.6 is 0 Å². The summed E-state index contributed by atoms with van der Waals surface area (Å²) in [5.74, 6) is -0.418. The molecular weight excluding hydrogens is 942 g/mol. The maximum absolute atomic E-state index is 14.7. The van der Waals surface area contributed by atoms with Crippen molar-refractivity contribution in [3.05, 3.63) is 106 Å². The molecule has 1 unspecified atom stereocenters. The van der Waals surface area contributed by atoms with E-state index in [0.29, 0.717) is 68.0 Å². The molecule has 0 bridgehead atoms. The average molecular weight is 1010 g/mol. The number of ether oxygens (including phenoxy) is 2. The first-order valence-corrected chi connectivity index (χ1v) is 27.1. The van der Waals surface area contributed by atoms with Crippen LogP contribution in [0.4, 0.5) is 21.6 Å². The molecule has 3 saturated heterocycles. The van der Waals surface area contributed by atoms with Crippen molar-refractivity contribution in [2.24, 2.45) is 11.3 Å². The Morgan fingerprint density at radius 1 is 0.986 bits per heavy atom. The normalized spacial score (nSPS) is 23.6. The number of fused-ring (bicyclic) bond motifs is 1. The van der Waals surface area contributed by atoms with Crippen LogP contribution in [0.2, 0.25) is 0 Å². The van der Waals surface area contributed by atoms with Crippen LogP contribution < -0.4 is 19.7 Å². The van der Waals surface area contributed by atoms with Gasteiger partial charge >= 0.3 is 0 Å². The first-order chi connectivity index (χ1) is 34.5. The standard InChI is InChI=1S/C53H66FN9O8S/c1-34(2)40-6-4-5-7-41(40)47-33-61(36-12-22-70-23-13-36)20-21-62(47)37-27-53(28-37)16-18-60(19-17-53)49-26-48(71-38-24-42-44(54)32-58-50(42)57-30-38)43(31-56-49)51(64)59-72(68,69)39-8-9-45(46(25-39)63(66)67)55-29-35-10-14-52(3,65)15-11-35/h4-9,24-26,30-32,34-37,47,55,65H,10-23,27-29,33H2,1-3H3,(H,57,58)(H,59,64)/t35-,47?,52-. The molecule has 10 rings (SSSR count). The number of nitro benzene ring substituents is 1. The van der Waals surface area contributed by atoms with Crippen molar-refractivity contribution in [3.63, 3.8) is 0 Å². The number of carbonyl (C=O) groups excluding carboxylic acids is 1. The summed E-state index contributed by atoms with van der Waals surface area (Å²) in [6.07, 6.45) is 12.8. The number of rotatable bonds is 14. The van der Waals surface area contributed by atoms with Crippen LogP contribution in [0.15, 0.2) is 78.1 Å². The molecule has 3 aromatic heterocycles. The molecule has 1 amide bonds. The Morgan fingerprint density at radius 3 is 2.47 bits per heavy atom. The summed E-state index contributed by atoms with van der Waals surface area (Å²) in [6.45, 7) is 13.0. The first-order valence-electron chi connectivity index (χ1n) is 25.6. The number of piperidine rings is 1. The number of aromatic amines is 1. The molecule has 384 valence electrons. The summed E-state index contributed by atoms with van der Waals surface area (Å²) in [7, 11) is -4.66. The van der Waals surface area contributed by atoms with Gasteiger partial charge in [0.05, 0.1) is 27.0 Å². The van der Waals surface area contributed by atoms with Crippen molar-refractivity contribution in [2.45, 2.75) is 120 Å². The second-order valence-corrected chi connectivity index (χ2v) is 23.1. The lowest BCUT2D eigenvalue weighted by Crippen LogP contribution is -2.61. The van der Waals surface area contributed by atoms with Crippen LogP contribution in [0, 0.1) is 27.3 Å². The fourth-order valence-electron chi connectivity index (χ4n) is 12.0. The third-order valence-electron chi connectivity index (χ3n) is 16.3. The van der Waals surface area contributed by atoms with Gasteiger partial charge in [0.25, 0.3) is 21.6 Å². The number of halogens is 1. The number of carbonyl (C=O) groups is 1. The van der Waals surface area contributed by atoms with Crippen LogP contribution in [0.25, 0.3) is 11.0 Å². The van der Waals surface area contributed by atoms with Gasteiger partial charge in [-0.25, -0.2) is 27.5 Å². The molecule has 4 N–H and O–H groups in total. The molecule has 5 fully saturated rings. The highest BCUT2D eigenvalue weighted by atomic mass is 32.2. The third-order valence-corrected chi connectivity index (χ3v) is 17.7. The van der Waals surface area contributed by atoms with E-state index in [9.17, 15) is 32.8 Å². The maximum Gasteiger partial charge on any atom is 0.293 e. The predicted octanol–water partition coefficient (Wildman–Crippen LogP) is 8.68. The molecule has 19 heteroatoms. The van der Waals surface area contributed by atoms with E-state index in [2.05, 4.69) is 77.8 Å². The van der Waals surface area contributed by atoms with Gasteiger partial charge in [0.2, 0.25) is 0 Å². The highest BCUT2D eigenvalue weighted by Crippen LogP contribution is 2.53. The van der Waals surface area contributed by atoms with E-state index in [1.807, 2.05) is 0 Å². The molecule has 2 aromatic carbocycles. The van der Waals surface area contributed by atoms with E-state index in [4.69, 9.17) is 9.47 Å². The quantitative estimate of drug-likeness (QED) is 0.0607. The van der Waals surface area contributed by atoms with Crippen molar-refractivity contribution in [1.82, 2.24) is 29.5 Å². The second kappa shape index (κ2) is 20.3. The van der Waals surface area contributed by atoms with Crippen molar-refractivity contribution < 1.29 is 37.1 Å². The summed E-state index contributed by atoms with van der Waals surface area (Å²) >= 11 is 0. The number of nitrogens with zero attached hydrogens (tertiary/aromatic N) is 6. The first kappa shape index (κ1) is 49.8. The van der Waals surface area contributed by atoms with Crippen molar-refractivity contribution in [3.8, 4) is 11.5 Å². The van der Waals surface area contributed by atoms with Gasteiger partial charge in [0, 0.05) is 95.1 Å². The van der Waals surface area contributed by atoms with Gasteiger partial charge in [-0.1, -0.05) is 38.1 Å². The number of benzene rings is 2. The van der Waals surface area contributed by atoms with Crippen molar-refractivity contribution in [1.29, 1.82) is 0 Å². The van der Waals surface area contributed by atoms with Crippen LogP contribution in [-0.4, -0.2) is 119 Å². The number of aliphatic hydroxyl groups is 1. The molecule has 5 aliphatic rings. The zero-order valence-electron chi connectivity index (χ0n) is 41.3. The smallest absolute Gasteiger partial charge is 0.293 e. The topological polar surface area (TPSA) is 208 Å². The lowest BCUT2D eigenvalue weighted by Gasteiger charge is -2.59. The van der Waals surface area contributed by atoms with Gasteiger partial charge in [0.15, 0.2) is 0 Å². The van der Waals surface area contributed by atoms with E-state index in [0.717, 1.165) is 90.3 Å². The summed E-state index contributed by atoms with van der Waals surface area (Å²) < 4.78 is 56.4. The van der Waals surface area contributed by atoms with Crippen molar-refractivity contribution in [2.75, 3.05) is 62.7 Å². The number of hydrogen-bond acceptors (Lipinski definition) is 14. The lowest BCUT2D eigenvalue weighted by atomic mass is 9.59. The summed E-state index contributed by atoms with van der Waals surface area (Å²) in [5.41, 5.74) is 2.08. The number of aromatic nitrogens is 3. The molecule has 2 saturated carbocycles. The monoisotopic (exact) mass is 1010 g/mol. The Labute approximate surface area is 420 Å². The van der Waals surface area contributed by atoms with E-state index < -0.39 is 42.9 Å². The second-order valence-electron chi connectivity index (χ2n) is 21.5. The van der Waals surface area contributed by atoms with Crippen molar-refractivity contribution >= 4 is 44.2 Å². The molecule has 17 nitrogen and oxygen atoms in total. The molecule has 6 heterocycles. The summed E-state index contributed by atoms with van der Waals surface area (Å²) in [4.78, 5) is 44.5. The third kappa shape index (κ3) is 10.5. The number of pyridine rings is 2. The number of amides is 1. The Balaban J connectivity index is 0.842. The minimum absolute atomic E-state index is 0.0313. The Morgan fingerprint density at radius 2 is 1.74 bits per heavy atom. The maximum atomic E-state index is 14.7. The fraction of sp³-hybridized carbons (Fsp3) is 0.528. The predicted molar refractivity (Wildman–Crippen MR) is 271 cm³/mol. The minimum atomic E-state index is -4.66. The highest BCUT2D eigenvalue weighted by molar-refractivity contribution is 7.90. The van der Waals surface area contributed by atoms with Gasteiger partial charge in [-0.05, 0) is 118 Å². The Hall–Kier alpha value is -5.73. The molecule has 5 aromatic rings. The van der Waals surface area contributed by atoms with Gasteiger partial charge in [-0.2, -0.15) is 0 Å². The van der Waals surface area contributed by atoms with Gasteiger partial charge < -0.3 is 29.8 Å². The summed E-state index contributed by atoms with van der Waals surface area (Å²) in [6, 6.07) is 16.8. The van der Waals surface area contributed by atoms with Gasteiger partial charge in [-0.3, -0.25) is 24.7 Å². The van der Waals surface area contributed by atoms with E-state index in [1.54, 1.807) is 13.0 Å². The Kier molecular flexibility index (Phi) is 14.0. The van der Waals surface area contributed by atoms with Gasteiger partial charge in [-0.15, -0.1) is 0 Å². The SMILES string of the molecule is CC(C)c1ccccc1C1CN(C2CCOCC2)CCN1C1CC2(CCN(c3cc(Oc4cnc5[nH]cc(F)c5c4)c(C(=O)NS(=O)(=O)c4ccc(NC[C@H]5CC[C@](C)(O)CC5)c([N+](=O)[O-])c4)cn3)CC2)C1. The number of hydrogen-bond donors (Lipinski definition) is 4. The average Bonchev–Trinajstić information content (AvgIpc) is 3.74. The number of nitrogens with one attached hydrogen (secondary N) is 3. The molecular formula is C53H66FN9O8S. The molecule has 2 aliphatic carbocycles. The number of sulfonamides is 1. The molecule has 1 spiro atoms.